The van der Waals surface area contributed by atoms with Gasteiger partial charge in [0.05, 0.1) is 7.11 Å². The van der Waals surface area contributed by atoms with Gasteiger partial charge in [0.2, 0.25) is 6.29 Å². The van der Waals surface area contributed by atoms with E-state index >= 15 is 0 Å². The Labute approximate surface area is 213 Å². The first-order valence-electron chi connectivity index (χ1n) is 11.6. The normalized spacial score (nSPS) is 27.3. The lowest BCUT2D eigenvalue weighted by Crippen LogP contribution is -2.61. The van der Waals surface area contributed by atoms with Gasteiger partial charge in [0.15, 0.2) is 11.9 Å². The van der Waals surface area contributed by atoms with Crippen LogP contribution in [-0.4, -0.2) is 77.5 Å². The number of methoxy groups -OCH3 is 1. The Balaban J connectivity index is 1.80. The van der Waals surface area contributed by atoms with Gasteiger partial charge in [-0.15, -0.1) is 0 Å². The molecule has 1 heterocycles. The van der Waals surface area contributed by atoms with Crippen LogP contribution in [0.4, 0.5) is 0 Å². The van der Waals surface area contributed by atoms with E-state index in [9.17, 15) is 29.7 Å². The minimum absolute atomic E-state index is 0.0584. The molecule has 0 bridgehead atoms. The molecule has 0 amide bonds. The van der Waals surface area contributed by atoms with Crippen LogP contribution in [0.2, 0.25) is 0 Å². The van der Waals surface area contributed by atoms with Crippen LogP contribution in [0.25, 0.3) is 0 Å². The smallest absolute Gasteiger partial charge is 0.303 e. The number of aromatic hydroxyl groups is 1. The maximum absolute atomic E-state index is 13.0. The molecule has 1 aliphatic carbocycles. The zero-order valence-corrected chi connectivity index (χ0v) is 20.6. The first-order valence-corrected chi connectivity index (χ1v) is 11.6. The molecule has 1 aliphatic heterocycles. The Bertz CT molecular complexity index is 1090. The molecule has 1 fully saturated rings. The number of phenolic OH excluding ortho intramolecular Hbond substituents is 1. The lowest BCUT2D eigenvalue weighted by molar-refractivity contribution is -0.282. The Kier molecular flexibility index (Phi) is 9.45. The van der Waals surface area contributed by atoms with E-state index in [0.29, 0.717) is 6.42 Å². The number of allylic oxidation sites excluding steroid dienone is 5. The fraction of sp³-hybridized carbons (Fsp3) is 0.423. The van der Waals surface area contributed by atoms with E-state index in [-0.39, 0.29) is 23.0 Å². The number of carbonyl (C=O) groups excluding carboxylic acids is 3. The van der Waals surface area contributed by atoms with Gasteiger partial charge in [-0.05, 0) is 42.7 Å². The van der Waals surface area contributed by atoms with Crippen LogP contribution in [0.1, 0.15) is 30.6 Å². The average Bonchev–Trinajstić information content (AvgIpc) is 2.86. The van der Waals surface area contributed by atoms with Crippen LogP contribution in [0.15, 0.2) is 54.3 Å². The number of aliphatic hydroxyl groups is 2. The van der Waals surface area contributed by atoms with Crippen molar-refractivity contribution in [3.8, 4) is 11.5 Å². The maximum Gasteiger partial charge on any atom is 0.303 e. The molecule has 11 nitrogen and oxygen atoms in total. The largest absolute Gasteiger partial charge is 0.507 e. The summed E-state index contributed by atoms with van der Waals surface area (Å²) in [5.74, 6) is -1.78. The lowest BCUT2D eigenvalue weighted by Gasteiger charge is -2.41. The zero-order chi connectivity index (χ0) is 27.1. The number of ether oxygens (including phenoxy) is 5. The van der Waals surface area contributed by atoms with Crippen molar-refractivity contribution in [2.24, 2.45) is 5.92 Å². The summed E-state index contributed by atoms with van der Waals surface area (Å²) < 4.78 is 26.5. The summed E-state index contributed by atoms with van der Waals surface area (Å²) in [7, 11) is 1.57. The van der Waals surface area contributed by atoms with Crippen molar-refractivity contribution in [2.75, 3.05) is 13.7 Å². The molecular formula is C26H30O11. The topological polar surface area (TPSA) is 158 Å². The Morgan fingerprint density at radius 1 is 1.14 bits per heavy atom. The van der Waals surface area contributed by atoms with Crippen molar-refractivity contribution < 1.29 is 53.4 Å². The van der Waals surface area contributed by atoms with Gasteiger partial charge >= 0.3 is 11.9 Å². The number of rotatable bonds is 9. The molecule has 1 aromatic rings. The van der Waals surface area contributed by atoms with Gasteiger partial charge in [0.25, 0.3) is 0 Å². The lowest BCUT2D eigenvalue weighted by atomic mass is 9.98. The number of hydrogen-bond donors (Lipinski definition) is 3. The van der Waals surface area contributed by atoms with Crippen LogP contribution in [0, 0.1) is 5.92 Å². The van der Waals surface area contributed by atoms with Gasteiger partial charge in [-0.1, -0.05) is 18.2 Å². The molecule has 6 atom stereocenters. The molecule has 3 rings (SSSR count). The quantitative estimate of drug-likeness (QED) is 0.247. The predicted molar refractivity (Wildman–Crippen MR) is 127 cm³/mol. The highest BCUT2D eigenvalue weighted by Gasteiger charge is 2.48. The van der Waals surface area contributed by atoms with Crippen molar-refractivity contribution in [1.82, 2.24) is 0 Å². The first kappa shape index (κ1) is 27.9. The minimum Gasteiger partial charge on any atom is -0.507 e. The Hall–Kier alpha value is -3.67. The predicted octanol–water partition coefficient (Wildman–Crippen LogP) is 1.56. The van der Waals surface area contributed by atoms with Gasteiger partial charge in [-0.2, -0.15) is 0 Å². The molecule has 37 heavy (non-hydrogen) atoms. The molecule has 200 valence electrons. The summed E-state index contributed by atoms with van der Waals surface area (Å²) in [6.07, 6.45) is 1.68. The van der Waals surface area contributed by atoms with E-state index in [0.717, 1.165) is 19.6 Å². The van der Waals surface area contributed by atoms with Crippen molar-refractivity contribution in [1.29, 1.82) is 0 Å². The second kappa shape index (κ2) is 12.5. The van der Waals surface area contributed by atoms with E-state index < -0.39 is 55.0 Å². The number of benzene rings is 1. The highest BCUT2D eigenvalue weighted by Crippen LogP contribution is 2.33. The van der Waals surface area contributed by atoms with Crippen molar-refractivity contribution in [3.63, 3.8) is 0 Å². The molecule has 1 unspecified atom stereocenters. The third-order valence-corrected chi connectivity index (χ3v) is 5.72. The van der Waals surface area contributed by atoms with Crippen LogP contribution in [-0.2, 0) is 28.5 Å². The van der Waals surface area contributed by atoms with E-state index in [4.69, 9.17) is 23.7 Å². The fourth-order valence-electron chi connectivity index (χ4n) is 3.87. The molecule has 0 aromatic heterocycles. The third-order valence-electron chi connectivity index (χ3n) is 5.72. The summed E-state index contributed by atoms with van der Waals surface area (Å²) in [6.45, 7) is 1.87. The van der Waals surface area contributed by atoms with Crippen LogP contribution in [0.3, 0.4) is 0 Å². The molecule has 1 saturated heterocycles. The van der Waals surface area contributed by atoms with Crippen LogP contribution in [0.5, 0.6) is 11.5 Å². The molecule has 2 aliphatic rings. The number of carbonyl (C=O) groups is 3. The van der Waals surface area contributed by atoms with E-state index in [1.807, 2.05) is 12.2 Å². The van der Waals surface area contributed by atoms with Gasteiger partial charge in [0.1, 0.15) is 47.7 Å². The van der Waals surface area contributed by atoms with Gasteiger partial charge in [-0.25, -0.2) is 0 Å². The molecule has 3 N–H and O–H groups in total. The Morgan fingerprint density at radius 3 is 2.51 bits per heavy atom. The van der Waals surface area contributed by atoms with Gasteiger partial charge < -0.3 is 39.0 Å². The summed E-state index contributed by atoms with van der Waals surface area (Å²) in [6, 6.07) is 4.11. The second-order valence-electron chi connectivity index (χ2n) is 8.46. The SMILES string of the molecule is COC1=CCC(C=CC(=O)c2c(O)cccc2O[C@@H]2O[C@H](COC(C)=O)[C@@H](OC(C)=O)[C@H](O)[C@H]2O)C=C1. The third kappa shape index (κ3) is 7.19. The number of ketones is 1. The highest BCUT2D eigenvalue weighted by atomic mass is 16.7. The van der Waals surface area contributed by atoms with Crippen molar-refractivity contribution in [3.05, 3.63) is 59.9 Å². The number of phenols is 1. The highest BCUT2D eigenvalue weighted by molar-refractivity contribution is 6.08. The first-order chi connectivity index (χ1) is 17.6. The summed E-state index contributed by atoms with van der Waals surface area (Å²) in [4.78, 5) is 35.8. The van der Waals surface area contributed by atoms with Crippen LogP contribution >= 0.6 is 0 Å². The molecule has 0 radical (unpaired) electrons. The standard InChI is InChI=1S/C26H30O11/c1-14(27)34-13-21-25(35-15(2)28)23(31)24(32)26(37-21)36-20-6-4-5-18(29)22(20)19(30)12-9-16-7-10-17(33-3)11-8-16/h4-7,9-12,16,21,23-26,29,31-32H,8,13H2,1-3H3/t16?,21-,23-,24-,25-,26-/m1/s1. The molecule has 0 saturated carbocycles. The summed E-state index contributed by atoms with van der Waals surface area (Å²) >= 11 is 0. The maximum atomic E-state index is 13.0. The monoisotopic (exact) mass is 518 g/mol. The van der Waals surface area contributed by atoms with Crippen LogP contribution < -0.4 is 4.74 Å². The van der Waals surface area contributed by atoms with Gasteiger partial charge in [0, 0.05) is 13.8 Å². The minimum atomic E-state index is -1.71. The summed E-state index contributed by atoms with van der Waals surface area (Å²) in [5, 5.41) is 31.6. The zero-order valence-electron chi connectivity index (χ0n) is 20.6. The molecular weight excluding hydrogens is 488 g/mol. The van der Waals surface area contributed by atoms with Gasteiger partial charge in [-0.3, -0.25) is 14.4 Å². The molecule has 11 heteroatoms. The number of aliphatic hydroxyl groups excluding tert-OH is 2. The summed E-state index contributed by atoms with van der Waals surface area (Å²) in [5.41, 5.74) is -0.185. The van der Waals surface area contributed by atoms with E-state index in [1.54, 1.807) is 19.3 Å². The second-order valence-corrected chi connectivity index (χ2v) is 8.46. The molecule has 1 aromatic carbocycles. The van der Waals surface area contributed by atoms with E-state index in [2.05, 4.69) is 0 Å². The van der Waals surface area contributed by atoms with Crippen molar-refractivity contribution >= 4 is 17.7 Å². The number of hydrogen-bond acceptors (Lipinski definition) is 11. The number of esters is 2. The fourth-order valence-corrected chi connectivity index (χ4v) is 3.87. The van der Waals surface area contributed by atoms with Crippen molar-refractivity contribution in [2.45, 2.75) is 51.0 Å². The van der Waals surface area contributed by atoms with E-state index in [1.165, 1.54) is 24.3 Å². The average molecular weight is 519 g/mol. The Morgan fingerprint density at radius 2 is 1.89 bits per heavy atom. The molecule has 0 spiro atoms.